The molecule has 190 valence electrons. The van der Waals surface area contributed by atoms with Crippen LogP contribution in [0.3, 0.4) is 0 Å². The predicted octanol–water partition coefficient (Wildman–Crippen LogP) is 9.00. The Morgan fingerprint density at radius 2 is 1.30 bits per heavy atom. The maximum absolute atomic E-state index is 6.85. The summed E-state index contributed by atoms with van der Waals surface area (Å²) < 4.78 is 13.0. The van der Waals surface area contributed by atoms with Gasteiger partial charge in [-0.1, -0.05) is 46.5 Å². The average Bonchev–Trinajstić information content (AvgIpc) is 3.36. The third-order valence-electron chi connectivity index (χ3n) is 10.5. The fourth-order valence-corrected chi connectivity index (χ4v) is 8.92. The molecule has 0 N–H and O–H groups in total. The first-order valence-electron chi connectivity index (χ1n) is 14.7. The van der Waals surface area contributed by atoms with E-state index in [0.29, 0.717) is 6.10 Å². The molecule has 0 aromatic heterocycles. The summed E-state index contributed by atoms with van der Waals surface area (Å²) in [4.78, 5) is 0. The fourth-order valence-electron chi connectivity index (χ4n) is 8.92. The van der Waals surface area contributed by atoms with Gasteiger partial charge in [-0.2, -0.15) is 0 Å². The van der Waals surface area contributed by atoms with E-state index < -0.39 is 0 Å². The summed E-state index contributed by atoms with van der Waals surface area (Å²) in [6, 6.07) is 0. The van der Waals surface area contributed by atoms with Gasteiger partial charge in [0.2, 0.25) is 0 Å². The molecule has 0 bridgehead atoms. The minimum absolute atomic E-state index is 0.167. The van der Waals surface area contributed by atoms with Crippen LogP contribution in [0.4, 0.5) is 0 Å². The molecule has 33 heavy (non-hydrogen) atoms. The molecular weight excluding hydrogens is 404 g/mol. The molecule has 10 atom stereocenters. The number of rotatable bonds is 8. The van der Waals surface area contributed by atoms with Gasteiger partial charge in [-0.05, 0) is 126 Å². The van der Waals surface area contributed by atoms with Crippen molar-refractivity contribution in [3.05, 3.63) is 11.5 Å². The van der Waals surface area contributed by atoms with E-state index in [0.717, 1.165) is 59.2 Å². The molecule has 4 saturated carbocycles. The molecule has 0 amide bonds. The molecule has 4 rings (SSSR count). The lowest BCUT2D eigenvalue weighted by Crippen LogP contribution is -2.34. The van der Waals surface area contributed by atoms with E-state index in [1.807, 2.05) is 0 Å². The lowest BCUT2D eigenvalue weighted by atomic mass is 9.66. The Hall–Kier alpha value is -0.660. The highest BCUT2D eigenvalue weighted by Gasteiger charge is 2.46. The predicted molar refractivity (Wildman–Crippen MR) is 139 cm³/mol. The van der Waals surface area contributed by atoms with E-state index in [-0.39, 0.29) is 6.10 Å². The van der Waals surface area contributed by atoms with Crippen molar-refractivity contribution >= 4 is 0 Å². The molecule has 2 heteroatoms. The van der Waals surface area contributed by atoms with Crippen LogP contribution in [0, 0.1) is 53.3 Å². The second-order valence-corrected chi connectivity index (χ2v) is 13.3. The van der Waals surface area contributed by atoms with Crippen molar-refractivity contribution in [1.29, 1.82) is 0 Å². The standard InChI is InChI=1S/C31H54O2/c1-19(2)31(32-20(3)4)33-26(17-24-13-15-27-21(5)9-8-10-29(24)27)18-25-14-16-28-22(6)11-12-23(7)30(25)28/h20-30H,8-18H2,1-7H3/t21?,22?,23?,24?,25?,26-,27?,28?,29?,30?/m0/s1. The second kappa shape index (κ2) is 10.9. The van der Waals surface area contributed by atoms with Crippen molar-refractivity contribution in [2.24, 2.45) is 53.3 Å². The van der Waals surface area contributed by atoms with Crippen molar-refractivity contribution in [3.63, 3.8) is 0 Å². The first-order valence-corrected chi connectivity index (χ1v) is 14.7. The molecule has 4 aliphatic carbocycles. The number of fused-ring (bicyclic) bond motifs is 2. The lowest BCUT2D eigenvalue weighted by Gasteiger charge is -2.40. The molecule has 0 aromatic carbocycles. The van der Waals surface area contributed by atoms with Crippen LogP contribution in [0.25, 0.3) is 0 Å². The van der Waals surface area contributed by atoms with E-state index in [4.69, 9.17) is 9.47 Å². The van der Waals surface area contributed by atoms with Gasteiger partial charge in [0.1, 0.15) is 6.10 Å². The van der Waals surface area contributed by atoms with Crippen molar-refractivity contribution in [3.8, 4) is 0 Å². The lowest BCUT2D eigenvalue weighted by molar-refractivity contribution is -0.0540. The largest absolute Gasteiger partial charge is 0.463 e. The van der Waals surface area contributed by atoms with Crippen molar-refractivity contribution in [2.45, 2.75) is 131 Å². The Morgan fingerprint density at radius 1 is 0.667 bits per heavy atom. The fraction of sp³-hybridized carbons (Fsp3) is 0.935. The third kappa shape index (κ3) is 5.78. The number of allylic oxidation sites excluding steroid dienone is 1. The summed E-state index contributed by atoms with van der Waals surface area (Å²) >= 11 is 0. The SMILES string of the molecule is CC(C)=C(OC(C)C)O[C@@H](CC1CCC2C(C)CCCC12)CC1CCC2C(C)CCC(C)C12. The highest BCUT2D eigenvalue weighted by molar-refractivity contribution is 4.99. The van der Waals surface area contributed by atoms with Gasteiger partial charge in [0.05, 0.1) is 6.10 Å². The minimum atomic E-state index is 0.167. The van der Waals surface area contributed by atoms with E-state index in [9.17, 15) is 0 Å². The van der Waals surface area contributed by atoms with Gasteiger partial charge in [0.15, 0.2) is 0 Å². The molecule has 0 radical (unpaired) electrons. The number of hydrogen-bond acceptors (Lipinski definition) is 2. The van der Waals surface area contributed by atoms with Gasteiger partial charge >= 0.3 is 0 Å². The van der Waals surface area contributed by atoms with Gasteiger partial charge in [-0.3, -0.25) is 0 Å². The zero-order chi connectivity index (χ0) is 23.7. The van der Waals surface area contributed by atoms with Crippen LogP contribution >= 0.6 is 0 Å². The summed E-state index contributed by atoms with van der Waals surface area (Å²) in [5, 5.41) is 0. The van der Waals surface area contributed by atoms with Gasteiger partial charge in [-0.15, -0.1) is 0 Å². The first-order chi connectivity index (χ1) is 15.7. The van der Waals surface area contributed by atoms with Crippen molar-refractivity contribution in [1.82, 2.24) is 0 Å². The zero-order valence-electron chi connectivity index (χ0n) is 22.9. The molecular formula is C31H54O2. The number of ether oxygens (including phenoxy) is 2. The summed E-state index contributed by atoms with van der Waals surface area (Å²) in [6.07, 6.45) is 16.0. The minimum Gasteiger partial charge on any atom is -0.463 e. The Kier molecular flexibility index (Phi) is 8.44. The van der Waals surface area contributed by atoms with Gasteiger partial charge < -0.3 is 9.47 Å². The Labute approximate surface area is 205 Å². The van der Waals surface area contributed by atoms with E-state index in [1.165, 1.54) is 76.2 Å². The zero-order valence-corrected chi connectivity index (χ0v) is 22.9. The third-order valence-corrected chi connectivity index (χ3v) is 10.5. The molecule has 4 fully saturated rings. The summed E-state index contributed by atoms with van der Waals surface area (Å²) in [6.45, 7) is 16.2. The molecule has 4 aliphatic rings. The Morgan fingerprint density at radius 3 is 2.03 bits per heavy atom. The molecule has 0 spiro atoms. The summed E-state index contributed by atoms with van der Waals surface area (Å²) in [7, 11) is 0. The monoisotopic (exact) mass is 458 g/mol. The van der Waals surface area contributed by atoms with Gasteiger partial charge in [0.25, 0.3) is 5.95 Å². The molecule has 0 aliphatic heterocycles. The van der Waals surface area contributed by atoms with E-state index in [1.54, 1.807) is 0 Å². The van der Waals surface area contributed by atoms with Crippen LogP contribution in [0.15, 0.2) is 11.5 Å². The Balaban J connectivity index is 1.50. The number of hydrogen-bond donors (Lipinski definition) is 0. The van der Waals surface area contributed by atoms with E-state index >= 15 is 0 Å². The second-order valence-electron chi connectivity index (χ2n) is 13.3. The van der Waals surface area contributed by atoms with E-state index in [2.05, 4.69) is 48.5 Å². The molecule has 0 heterocycles. The van der Waals surface area contributed by atoms with Crippen LogP contribution in [0.1, 0.15) is 119 Å². The molecule has 2 nitrogen and oxygen atoms in total. The van der Waals surface area contributed by atoms with Crippen LogP contribution in [0.5, 0.6) is 0 Å². The quantitative estimate of drug-likeness (QED) is 0.338. The first kappa shape index (κ1) is 25.4. The van der Waals surface area contributed by atoms with Gasteiger partial charge in [0, 0.05) is 5.57 Å². The normalized spacial score (nSPS) is 41.4. The summed E-state index contributed by atoms with van der Waals surface area (Å²) in [5.41, 5.74) is 1.19. The molecule has 0 aromatic rings. The average molecular weight is 459 g/mol. The van der Waals surface area contributed by atoms with Crippen molar-refractivity contribution < 1.29 is 9.47 Å². The molecule has 9 unspecified atom stereocenters. The Bertz CT molecular complexity index is 662. The van der Waals surface area contributed by atoms with Crippen LogP contribution in [-0.4, -0.2) is 12.2 Å². The molecule has 0 saturated heterocycles. The van der Waals surface area contributed by atoms with Crippen LogP contribution in [0.2, 0.25) is 0 Å². The van der Waals surface area contributed by atoms with Crippen LogP contribution < -0.4 is 0 Å². The maximum Gasteiger partial charge on any atom is 0.278 e. The van der Waals surface area contributed by atoms with Crippen molar-refractivity contribution in [2.75, 3.05) is 0 Å². The van der Waals surface area contributed by atoms with Crippen LogP contribution in [-0.2, 0) is 9.47 Å². The van der Waals surface area contributed by atoms with Gasteiger partial charge in [-0.25, -0.2) is 0 Å². The highest BCUT2D eigenvalue weighted by atomic mass is 16.7. The smallest absolute Gasteiger partial charge is 0.278 e. The topological polar surface area (TPSA) is 18.5 Å². The summed E-state index contributed by atoms with van der Waals surface area (Å²) in [5.74, 6) is 9.10. The highest BCUT2D eigenvalue weighted by Crippen LogP contribution is 2.54. The maximum atomic E-state index is 6.85.